The van der Waals surface area contributed by atoms with Crippen molar-refractivity contribution in [2.75, 3.05) is 39.0 Å². The van der Waals surface area contributed by atoms with E-state index in [2.05, 4.69) is 36.4 Å². The monoisotopic (exact) mass is 553 g/mol. The minimum atomic E-state index is 0.264. The van der Waals surface area contributed by atoms with Crippen LogP contribution in [0.4, 0.5) is 11.5 Å². The molecule has 1 aromatic carbocycles. The topological polar surface area (TPSA) is 105 Å². The minimum Gasteiger partial charge on any atom is -0.457 e. The Balaban J connectivity index is 1.15. The van der Waals surface area contributed by atoms with Crippen molar-refractivity contribution in [1.29, 1.82) is 0 Å². The van der Waals surface area contributed by atoms with Gasteiger partial charge in [0.25, 0.3) is 0 Å². The predicted octanol–water partition coefficient (Wildman–Crippen LogP) is 4.66. The summed E-state index contributed by atoms with van der Waals surface area (Å²) in [6.45, 7) is 4.52. The third-order valence-corrected chi connectivity index (χ3v) is 7.69. The lowest BCUT2D eigenvalue weighted by molar-refractivity contribution is -0.132. The molecule has 1 aliphatic rings. The van der Waals surface area contributed by atoms with E-state index in [1.54, 1.807) is 10.8 Å². The van der Waals surface area contributed by atoms with Crippen LogP contribution in [-0.4, -0.2) is 78.6 Å². The average molecular weight is 554 g/mol. The van der Waals surface area contributed by atoms with E-state index >= 15 is 0 Å². The van der Waals surface area contributed by atoms with Gasteiger partial charge in [0.1, 0.15) is 29.7 Å². The molecule has 1 amide bonds. The number of anilines is 2. The highest BCUT2D eigenvalue weighted by molar-refractivity contribution is 5.78. The summed E-state index contributed by atoms with van der Waals surface area (Å²) in [4.78, 5) is 25.7. The van der Waals surface area contributed by atoms with Crippen LogP contribution in [0, 0.1) is 6.92 Å². The standard InChI is InChI=1S/C30H35N9O2/c1-21-17-23(6-7-26(21)41-24-10-15-38-27(18-24)31-19-33-38)35-30-29-25(11-16-39(29)34-20-32-30)22-8-13-37(14-9-22)28(40)5-4-12-36(2)3/h6-7,10-11,15-20,22H,4-5,8-9,12-14H2,1-3H3,(H,32,34,35). The maximum Gasteiger partial charge on any atom is 0.222 e. The van der Waals surface area contributed by atoms with Gasteiger partial charge in [0.05, 0.1) is 0 Å². The van der Waals surface area contributed by atoms with Gasteiger partial charge in [-0.25, -0.2) is 19.0 Å². The first-order valence-electron chi connectivity index (χ1n) is 14.0. The lowest BCUT2D eigenvalue weighted by atomic mass is 9.90. The summed E-state index contributed by atoms with van der Waals surface area (Å²) >= 11 is 0. The molecule has 5 aromatic rings. The Morgan fingerprint density at radius 1 is 1.02 bits per heavy atom. The smallest absolute Gasteiger partial charge is 0.222 e. The minimum absolute atomic E-state index is 0.264. The van der Waals surface area contributed by atoms with Crippen LogP contribution in [0.15, 0.2) is 61.4 Å². The normalized spacial score (nSPS) is 14.3. The maximum absolute atomic E-state index is 12.7. The zero-order valence-corrected chi connectivity index (χ0v) is 23.7. The Hall–Kier alpha value is -4.51. The predicted molar refractivity (Wildman–Crippen MR) is 157 cm³/mol. The fourth-order valence-corrected chi connectivity index (χ4v) is 5.51. The Bertz CT molecular complexity index is 1670. The van der Waals surface area contributed by atoms with Crippen molar-refractivity contribution in [3.8, 4) is 11.5 Å². The van der Waals surface area contributed by atoms with Crippen LogP contribution in [0.3, 0.4) is 0 Å². The van der Waals surface area contributed by atoms with Gasteiger partial charge in [-0.2, -0.15) is 10.2 Å². The summed E-state index contributed by atoms with van der Waals surface area (Å²) in [6, 6.07) is 11.9. The van der Waals surface area contributed by atoms with Gasteiger partial charge in [0, 0.05) is 43.7 Å². The summed E-state index contributed by atoms with van der Waals surface area (Å²) in [5.41, 5.74) is 4.82. The van der Waals surface area contributed by atoms with Crippen LogP contribution in [0.25, 0.3) is 11.2 Å². The van der Waals surface area contributed by atoms with Gasteiger partial charge in [0.15, 0.2) is 11.5 Å². The molecule has 11 nitrogen and oxygen atoms in total. The quantitative estimate of drug-likeness (QED) is 0.281. The van der Waals surface area contributed by atoms with Crippen molar-refractivity contribution < 1.29 is 9.53 Å². The maximum atomic E-state index is 12.7. The Morgan fingerprint density at radius 3 is 2.61 bits per heavy atom. The van der Waals surface area contributed by atoms with E-state index < -0.39 is 0 Å². The SMILES string of the molecule is Cc1cc(Nc2ncnn3ccc(C4CCN(C(=O)CCCN(C)C)CC4)c23)ccc1Oc1ccn2ncnc2c1. The number of nitrogens with zero attached hydrogens (tertiary/aromatic N) is 8. The number of likely N-dealkylation sites (tertiary alicyclic amines) is 1. The Kier molecular flexibility index (Phi) is 7.51. The van der Waals surface area contributed by atoms with E-state index in [0.717, 1.165) is 72.9 Å². The summed E-state index contributed by atoms with van der Waals surface area (Å²) in [5.74, 6) is 2.83. The van der Waals surface area contributed by atoms with Crippen molar-refractivity contribution in [3.05, 3.63) is 72.6 Å². The highest BCUT2D eigenvalue weighted by Gasteiger charge is 2.26. The summed E-state index contributed by atoms with van der Waals surface area (Å²) in [7, 11) is 4.08. The van der Waals surface area contributed by atoms with E-state index in [4.69, 9.17) is 4.74 Å². The fraction of sp³-hybridized carbons (Fsp3) is 0.367. The van der Waals surface area contributed by atoms with Crippen molar-refractivity contribution in [1.82, 2.24) is 39.0 Å². The molecule has 0 saturated carbocycles. The van der Waals surface area contributed by atoms with Crippen LogP contribution in [0.1, 0.15) is 42.7 Å². The van der Waals surface area contributed by atoms with Gasteiger partial charge in [0.2, 0.25) is 5.91 Å². The molecule has 0 atom stereocenters. The molecule has 0 aliphatic carbocycles. The van der Waals surface area contributed by atoms with Crippen molar-refractivity contribution in [2.24, 2.45) is 0 Å². The number of piperidine rings is 1. The number of ether oxygens (including phenoxy) is 1. The zero-order valence-electron chi connectivity index (χ0n) is 23.7. The molecule has 1 fully saturated rings. The second-order valence-corrected chi connectivity index (χ2v) is 10.9. The number of carbonyl (C=O) groups is 1. The van der Waals surface area contributed by atoms with E-state index in [-0.39, 0.29) is 5.91 Å². The highest BCUT2D eigenvalue weighted by Crippen LogP contribution is 2.35. The van der Waals surface area contributed by atoms with Crippen molar-refractivity contribution in [2.45, 2.75) is 38.5 Å². The van der Waals surface area contributed by atoms with E-state index in [9.17, 15) is 4.79 Å². The second-order valence-electron chi connectivity index (χ2n) is 10.9. The average Bonchev–Trinajstić information content (AvgIpc) is 3.62. The van der Waals surface area contributed by atoms with Crippen LogP contribution in [0.5, 0.6) is 11.5 Å². The number of amides is 1. The Morgan fingerprint density at radius 2 is 1.80 bits per heavy atom. The molecule has 1 N–H and O–H groups in total. The molecule has 1 saturated heterocycles. The molecular formula is C30H35N9O2. The molecule has 6 rings (SSSR count). The van der Waals surface area contributed by atoms with Crippen molar-refractivity contribution in [3.63, 3.8) is 0 Å². The molecule has 212 valence electrons. The van der Waals surface area contributed by atoms with Crippen LogP contribution in [-0.2, 0) is 4.79 Å². The van der Waals surface area contributed by atoms with E-state index in [1.165, 1.54) is 11.9 Å². The first-order valence-corrected chi connectivity index (χ1v) is 14.0. The number of nitrogens with one attached hydrogen (secondary N) is 1. The number of hydrogen-bond acceptors (Lipinski definition) is 8. The van der Waals surface area contributed by atoms with Gasteiger partial charge in [-0.15, -0.1) is 0 Å². The number of aromatic nitrogens is 6. The number of rotatable bonds is 9. The van der Waals surface area contributed by atoms with Crippen molar-refractivity contribution >= 4 is 28.6 Å². The van der Waals surface area contributed by atoms with E-state index in [1.807, 2.05) is 73.2 Å². The van der Waals surface area contributed by atoms with Crippen LogP contribution >= 0.6 is 0 Å². The molecule has 0 radical (unpaired) electrons. The van der Waals surface area contributed by atoms with Gasteiger partial charge in [-0.3, -0.25) is 4.79 Å². The Labute approximate surface area is 238 Å². The third-order valence-electron chi connectivity index (χ3n) is 7.69. The largest absolute Gasteiger partial charge is 0.457 e. The molecule has 1 aliphatic heterocycles. The molecule has 0 unspecified atom stereocenters. The number of pyridine rings is 1. The van der Waals surface area contributed by atoms with E-state index in [0.29, 0.717) is 18.1 Å². The third kappa shape index (κ3) is 5.85. The number of aryl methyl sites for hydroxylation is 1. The molecule has 0 spiro atoms. The number of fused-ring (bicyclic) bond motifs is 2. The van der Waals surface area contributed by atoms with Crippen LogP contribution in [0.2, 0.25) is 0 Å². The molecule has 5 heterocycles. The number of carbonyl (C=O) groups excluding carboxylic acids is 1. The fourth-order valence-electron chi connectivity index (χ4n) is 5.51. The zero-order chi connectivity index (χ0) is 28.3. The summed E-state index contributed by atoms with van der Waals surface area (Å²) in [5, 5.41) is 12.1. The van der Waals surface area contributed by atoms with Crippen LogP contribution < -0.4 is 10.1 Å². The van der Waals surface area contributed by atoms with Gasteiger partial charge in [-0.05, 0) is 94.2 Å². The van der Waals surface area contributed by atoms with Gasteiger partial charge < -0.3 is 19.9 Å². The second kappa shape index (κ2) is 11.5. The summed E-state index contributed by atoms with van der Waals surface area (Å²) < 4.78 is 9.72. The summed E-state index contributed by atoms with van der Waals surface area (Å²) in [6.07, 6.45) is 10.3. The molecular weight excluding hydrogens is 518 g/mol. The molecule has 11 heteroatoms. The first-order chi connectivity index (χ1) is 19.9. The lowest BCUT2D eigenvalue weighted by Gasteiger charge is -2.32. The van der Waals surface area contributed by atoms with Gasteiger partial charge in [-0.1, -0.05) is 0 Å². The molecule has 41 heavy (non-hydrogen) atoms. The van der Waals surface area contributed by atoms with Gasteiger partial charge >= 0.3 is 0 Å². The first kappa shape index (κ1) is 26.7. The molecule has 4 aromatic heterocycles. The highest BCUT2D eigenvalue weighted by atomic mass is 16.5. The molecule has 0 bridgehead atoms. The number of hydrogen-bond donors (Lipinski definition) is 1. The number of benzene rings is 1. The lowest BCUT2D eigenvalue weighted by Crippen LogP contribution is -2.38.